The van der Waals surface area contributed by atoms with E-state index in [2.05, 4.69) is 16.3 Å². The molecule has 3 rings (SSSR count). The topological polar surface area (TPSA) is 46.9 Å². The van der Waals surface area contributed by atoms with Gasteiger partial charge < -0.3 is 5.32 Å². The van der Waals surface area contributed by atoms with Gasteiger partial charge in [-0.15, -0.1) is 12.3 Å². The third-order valence-corrected chi connectivity index (χ3v) is 4.03. The van der Waals surface area contributed by atoms with Crippen molar-refractivity contribution in [3.63, 3.8) is 0 Å². The SMILES string of the molecule is C#CCCCn1nc(NC(=O)c2ccccc2)c2cccc(C(F)(F)F)c21. The first-order valence-corrected chi connectivity index (χ1v) is 8.28. The van der Waals surface area contributed by atoms with Gasteiger partial charge in [0.05, 0.1) is 11.1 Å². The molecule has 0 radical (unpaired) electrons. The van der Waals surface area contributed by atoms with Crippen LogP contribution in [0.25, 0.3) is 10.9 Å². The molecule has 0 bridgehead atoms. The normalized spacial score (nSPS) is 11.3. The second-order valence-corrected chi connectivity index (χ2v) is 5.90. The third kappa shape index (κ3) is 3.95. The van der Waals surface area contributed by atoms with E-state index in [1.165, 1.54) is 16.8 Å². The lowest BCUT2D eigenvalue weighted by Gasteiger charge is -2.10. The molecular weight excluding hydrogens is 355 g/mol. The molecule has 1 amide bonds. The Morgan fingerprint density at radius 1 is 1.15 bits per heavy atom. The minimum absolute atomic E-state index is 0.0645. The number of hydrogen-bond donors (Lipinski definition) is 1. The molecule has 0 saturated heterocycles. The minimum Gasteiger partial charge on any atom is -0.305 e. The quantitative estimate of drug-likeness (QED) is 0.521. The molecular formula is C20H16F3N3O. The standard InChI is InChI=1S/C20H16F3N3O/c1-2-3-7-13-26-17-15(11-8-12-16(17)20(21,22)23)18(25-26)24-19(27)14-9-5-4-6-10-14/h1,4-6,8-12H,3,7,13H2,(H,24,25,27). The highest BCUT2D eigenvalue weighted by Crippen LogP contribution is 2.37. The summed E-state index contributed by atoms with van der Waals surface area (Å²) in [4.78, 5) is 12.4. The van der Waals surface area contributed by atoms with Crippen LogP contribution in [-0.2, 0) is 12.7 Å². The maximum absolute atomic E-state index is 13.5. The minimum atomic E-state index is -4.54. The summed E-state index contributed by atoms with van der Waals surface area (Å²) in [7, 11) is 0. The summed E-state index contributed by atoms with van der Waals surface area (Å²) >= 11 is 0. The second-order valence-electron chi connectivity index (χ2n) is 5.90. The van der Waals surface area contributed by atoms with E-state index in [0.717, 1.165) is 6.07 Å². The van der Waals surface area contributed by atoms with Crippen LogP contribution < -0.4 is 5.32 Å². The Morgan fingerprint density at radius 3 is 2.56 bits per heavy atom. The molecule has 27 heavy (non-hydrogen) atoms. The van der Waals surface area contributed by atoms with E-state index in [-0.39, 0.29) is 23.3 Å². The fourth-order valence-corrected chi connectivity index (χ4v) is 2.82. The van der Waals surface area contributed by atoms with Crippen molar-refractivity contribution in [1.82, 2.24) is 9.78 Å². The van der Waals surface area contributed by atoms with Crippen molar-refractivity contribution in [1.29, 1.82) is 0 Å². The number of nitrogens with one attached hydrogen (secondary N) is 1. The largest absolute Gasteiger partial charge is 0.418 e. The van der Waals surface area contributed by atoms with Gasteiger partial charge in [-0.3, -0.25) is 9.48 Å². The number of carbonyl (C=O) groups excluding carboxylic acids is 1. The van der Waals surface area contributed by atoms with Crippen LogP contribution in [-0.4, -0.2) is 15.7 Å². The van der Waals surface area contributed by atoms with E-state index >= 15 is 0 Å². The van der Waals surface area contributed by atoms with Crippen LogP contribution in [0.2, 0.25) is 0 Å². The monoisotopic (exact) mass is 371 g/mol. The number of fused-ring (bicyclic) bond motifs is 1. The zero-order valence-corrected chi connectivity index (χ0v) is 14.3. The highest BCUT2D eigenvalue weighted by molar-refractivity contribution is 6.08. The first-order valence-electron chi connectivity index (χ1n) is 8.28. The number of terminal acetylenes is 1. The second kappa shape index (κ2) is 7.54. The average molecular weight is 371 g/mol. The predicted molar refractivity (Wildman–Crippen MR) is 97.2 cm³/mol. The smallest absolute Gasteiger partial charge is 0.305 e. The number of rotatable bonds is 5. The molecule has 0 aliphatic rings. The van der Waals surface area contributed by atoms with Crippen LogP contribution in [0.3, 0.4) is 0 Å². The number of para-hydroxylation sites is 1. The van der Waals surface area contributed by atoms with Gasteiger partial charge in [0.1, 0.15) is 0 Å². The number of alkyl halides is 3. The molecule has 1 heterocycles. The number of halogens is 3. The van der Waals surface area contributed by atoms with E-state index in [0.29, 0.717) is 18.4 Å². The van der Waals surface area contributed by atoms with Gasteiger partial charge in [-0.1, -0.05) is 24.3 Å². The van der Waals surface area contributed by atoms with Crippen LogP contribution >= 0.6 is 0 Å². The highest BCUT2D eigenvalue weighted by Gasteiger charge is 2.34. The molecule has 2 aromatic carbocycles. The summed E-state index contributed by atoms with van der Waals surface area (Å²) in [5.74, 6) is 2.11. The lowest BCUT2D eigenvalue weighted by atomic mass is 10.1. The summed E-state index contributed by atoms with van der Waals surface area (Å²) in [6.45, 7) is 0.217. The van der Waals surface area contributed by atoms with E-state index in [1.807, 2.05) is 0 Å². The number of hydrogen-bond acceptors (Lipinski definition) is 2. The Kier molecular flexibility index (Phi) is 5.17. The molecule has 1 aromatic heterocycles. The average Bonchev–Trinajstić information content (AvgIpc) is 2.99. The van der Waals surface area contributed by atoms with Gasteiger partial charge >= 0.3 is 6.18 Å². The van der Waals surface area contributed by atoms with Crippen molar-refractivity contribution in [3.05, 3.63) is 59.7 Å². The van der Waals surface area contributed by atoms with Crippen molar-refractivity contribution in [2.75, 3.05) is 5.32 Å². The van der Waals surface area contributed by atoms with Crippen LogP contribution in [0, 0.1) is 12.3 Å². The van der Waals surface area contributed by atoms with Crippen LogP contribution in [0.5, 0.6) is 0 Å². The van der Waals surface area contributed by atoms with Gasteiger partial charge in [-0.25, -0.2) is 0 Å². The number of aromatic nitrogens is 2. The number of nitrogens with zero attached hydrogens (tertiary/aromatic N) is 2. The number of amides is 1. The zero-order valence-electron chi connectivity index (χ0n) is 14.3. The number of carbonyl (C=O) groups is 1. The molecule has 0 spiro atoms. The van der Waals surface area contributed by atoms with Crippen LogP contribution in [0.4, 0.5) is 19.0 Å². The molecule has 0 aliphatic carbocycles. The Morgan fingerprint density at radius 2 is 1.89 bits per heavy atom. The van der Waals surface area contributed by atoms with Crippen molar-refractivity contribution in [3.8, 4) is 12.3 Å². The van der Waals surface area contributed by atoms with Crippen LogP contribution in [0.1, 0.15) is 28.8 Å². The first-order chi connectivity index (χ1) is 12.9. The van der Waals surface area contributed by atoms with Gasteiger partial charge in [-0.2, -0.15) is 18.3 Å². The van der Waals surface area contributed by atoms with Crippen LogP contribution in [0.15, 0.2) is 48.5 Å². The van der Waals surface area contributed by atoms with Crippen molar-refractivity contribution >= 4 is 22.6 Å². The zero-order chi connectivity index (χ0) is 19.4. The van der Waals surface area contributed by atoms with E-state index in [1.54, 1.807) is 30.3 Å². The summed E-state index contributed by atoms with van der Waals surface area (Å²) in [6.07, 6.45) is 1.58. The molecule has 1 N–H and O–H groups in total. The fourth-order valence-electron chi connectivity index (χ4n) is 2.82. The van der Waals surface area contributed by atoms with E-state index < -0.39 is 17.6 Å². The Bertz CT molecular complexity index is 1000. The van der Waals surface area contributed by atoms with Crippen molar-refractivity contribution in [2.24, 2.45) is 0 Å². The molecule has 4 nitrogen and oxygen atoms in total. The molecule has 0 fully saturated rings. The Hall–Kier alpha value is -3.27. The first kappa shape index (κ1) is 18.5. The van der Waals surface area contributed by atoms with Crippen molar-refractivity contribution in [2.45, 2.75) is 25.6 Å². The molecule has 3 aromatic rings. The maximum atomic E-state index is 13.5. The van der Waals surface area contributed by atoms with Gasteiger partial charge in [0.15, 0.2) is 5.82 Å². The van der Waals surface area contributed by atoms with E-state index in [4.69, 9.17) is 6.42 Å². The number of benzene rings is 2. The fraction of sp³-hybridized carbons (Fsp3) is 0.200. The lowest BCUT2D eigenvalue weighted by molar-refractivity contribution is -0.136. The van der Waals surface area contributed by atoms with Gasteiger partial charge in [-0.05, 0) is 30.7 Å². The van der Waals surface area contributed by atoms with E-state index in [9.17, 15) is 18.0 Å². The predicted octanol–water partition coefficient (Wildman–Crippen LogP) is 4.72. The summed E-state index contributed by atoms with van der Waals surface area (Å²) in [5.41, 5.74) is -0.474. The van der Waals surface area contributed by atoms with Crippen molar-refractivity contribution < 1.29 is 18.0 Å². The maximum Gasteiger partial charge on any atom is 0.418 e. The lowest BCUT2D eigenvalue weighted by Crippen LogP contribution is -2.12. The molecule has 138 valence electrons. The molecule has 7 heteroatoms. The summed E-state index contributed by atoms with van der Waals surface area (Å²) < 4.78 is 41.6. The van der Waals surface area contributed by atoms with Gasteiger partial charge in [0.2, 0.25) is 0 Å². The molecule has 0 unspecified atom stereocenters. The highest BCUT2D eigenvalue weighted by atomic mass is 19.4. The van der Waals surface area contributed by atoms with Gasteiger partial charge in [0.25, 0.3) is 5.91 Å². The molecule has 0 aliphatic heterocycles. The Balaban J connectivity index is 2.05. The van der Waals surface area contributed by atoms with Gasteiger partial charge in [0, 0.05) is 23.9 Å². The Labute approximate surface area is 154 Å². The number of anilines is 1. The number of aryl methyl sites for hydroxylation is 1. The summed E-state index contributed by atoms with van der Waals surface area (Å²) in [6, 6.07) is 12.2. The molecule has 0 saturated carbocycles. The third-order valence-electron chi connectivity index (χ3n) is 4.03. The number of unbranched alkanes of at least 4 members (excludes halogenated alkanes) is 1. The summed E-state index contributed by atoms with van der Waals surface area (Å²) in [5, 5.41) is 7.06. The molecule has 0 atom stereocenters.